The molecule has 1 aromatic rings. The molecule has 2 aliphatic rings. The summed E-state index contributed by atoms with van der Waals surface area (Å²) in [5, 5.41) is 14.1. The molecular formula is C15H20N4O4. The first-order chi connectivity index (χ1) is 11.0. The number of primary amides is 1. The second kappa shape index (κ2) is 6.11. The van der Waals surface area contributed by atoms with Gasteiger partial charge in [-0.3, -0.25) is 14.9 Å². The van der Waals surface area contributed by atoms with E-state index in [0.717, 1.165) is 31.9 Å². The highest BCUT2D eigenvalue weighted by Gasteiger charge is 2.40. The molecule has 1 unspecified atom stereocenters. The molecule has 1 aliphatic carbocycles. The molecule has 1 saturated heterocycles. The maximum atomic E-state index is 11.6. The van der Waals surface area contributed by atoms with Crippen LogP contribution in [0.2, 0.25) is 0 Å². The molecule has 1 saturated carbocycles. The fourth-order valence-electron chi connectivity index (χ4n) is 3.57. The molecule has 1 spiro atoms. The Morgan fingerprint density at radius 2 is 2.22 bits per heavy atom. The standard InChI is InChI=1S/C15H20N4O4/c16-13(20)12-7-11(19(21)22)9-17-14(12)18-10-3-6-23-15(8-10)4-1-2-5-15/h7,9-10H,1-6,8H2,(H2,16,20)(H,17,18). The van der Waals surface area contributed by atoms with Gasteiger partial charge in [-0.25, -0.2) is 4.98 Å². The van der Waals surface area contributed by atoms with E-state index in [-0.39, 0.29) is 22.9 Å². The van der Waals surface area contributed by atoms with Gasteiger partial charge in [-0.05, 0) is 25.7 Å². The third-order valence-corrected chi connectivity index (χ3v) is 4.70. The molecule has 1 atom stereocenters. The van der Waals surface area contributed by atoms with Crippen molar-refractivity contribution in [3.63, 3.8) is 0 Å². The van der Waals surface area contributed by atoms with E-state index in [4.69, 9.17) is 10.5 Å². The third kappa shape index (κ3) is 3.26. The quantitative estimate of drug-likeness (QED) is 0.646. The van der Waals surface area contributed by atoms with Crippen molar-refractivity contribution in [3.8, 4) is 0 Å². The van der Waals surface area contributed by atoms with E-state index < -0.39 is 10.8 Å². The minimum atomic E-state index is -0.730. The lowest BCUT2D eigenvalue weighted by molar-refractivity contribution is -0.385. The largest absolute Gasteiger partial charge is 0.375 e. The van der Waals surface area contributed by atoms with Crippen LogP contribution in [0.1, 0.15) is 48.9 Å². The van der Waals surface area contributed by atoms with Crippen LogP contribution < -0.4 is 11.1 Å². The summed E-state index contributed by atoms with van der Waals surface area (Å²) in [4.78, 5) is 25.9. The maximum Gasteiger partial charge on any atom is 0.288 e. The Bertz CT molecular complexity index is 628. The van der Waals surface area contributed by atoms with Crippen molar-refractivity contribution in [2.24, 2.45) is 5.73 Å². The van der Waals surface area contributed by atoms with Crippen LogP contribution in [0.25, 0.3) is 0 Å². The molecule has 3 N–H and O–H groups in total. The van der Waals surface area contributed by atoms with Crippen molar-refractivity contribution in [2.75, 3.05) is 11.9 Å². The number of nitrogens with two attached hydrogens (primary N) is 1. The summed E-state index contributed by atoms with van der Waals surface area (Å²) >= 11 is 0. The van der Waals surface area contributed by atoms with Crippen molar-refractivity contribution in [3.05, 3.63) is 27.9 Å². The molecule has 1 amide bonds. The van der Waals surface area contributed by atoms with Gasteiger partial charge in [0.05, 0.1) is 16.1 Å². The van der Waals surface area contributed by atoms with Crippen LogP contribution in [0.5, 0.6) is 0 Å². The SMILES string of the molecule is NC(=O)c1cc([N+](=O)[O-])cnc1NC1CCOC2(CCCC2)C1. The van der Waals surface area contributed by atoms with E-state index in [1.165, 1.54) is 18.9 Å². The van der Waals surface area contributed by atoms with Crippen molar-refractivity contribution in [2.45, 2.75) is 50.2 Å². The molecule has 0 bridgehead atoms. The number of anilines is 1. The molecule has 3 rings (SSSR count). The molecule has 0 aromatic carbocycles. The third-order valence-electron chi connectivity index (χ3n) is 4.70. The fourth-order valence-corrected chi connectivity index (χ4v) is 3.57. The number of amides is 1. The predicted molar refractivity (Wildman–Crippen MR) is 83.2 cm³/mol. The van der Waals surface area contributed by atoms with Gasteiger partial charge in [-0.15, -0.1) is 0 Å². The Morgan fingerprint density at radius 3 is 2.87 bits per heavy atom. The smallest absolute Gasteiger partial charge is 0.288 e. The van der Waals surface area contributed by atoms with E-state index in [0.29, 0.717) is 12.4 Å². The van der Waals surface area contributed by atoms with Crippen LogP contribution in [-0.2, 0) is 4.74 Å². The molecule has 23 heavy (non-hydrogen) atoms. The minimum Gasteiger partial charge on any atom is -0.375 e. The molecule has 0 radical (unpaired) electrons. The highest BCUT2D eigenvalue weighted by Crippen LogP contribution is 2.40. The van der Waals surface area contributed by atoms with Gasteiger partial charge in [0.1, 0.15) is 12.0 Å². The fraction of sp³-hybridized carbons (Fsp3) is 0.600. The van der Waals surface area contributed by atoms with Gasteiger partial charge >= 0.3 is 0 Å². The number of nitrogens with one attached hydrogen (secondary N) is 1. The number of carbonyl (C=O) groups excluding carboxylic acids is 1. The van der Waals surface area contributed by atoms with E-state index in [1.54, 1.807) is 0 Å². The van der Waals surface area contributed by atoms with Gasteiger partial charge in [0, 0.05) is 18.7 Å². The molecular weight excluding hydrogens is 300 g/mol. The number of rotatable bonds is 4. The summed E-state index contributed by atoms with van der Waals surface area (Å²) in [5.74, 6) is -0.422. The van der Waals surface area contributed by atoms with Gasteiger partial charge in [-0.1, -0.05) is 12.8 Å². The molecule has 2 fully saturated rings. The lowest BCUT2D eigenvalue weighted by Crippen LogP contribution is -2.42. The van der Waals surface area contributed by atoms with Crippen LogP contribution in [-0.4, -0.2) is 34.1 Å². The summed E-state index contributed by atoms with van der Waals surface area (Å²) < 4.78 is 5.98. The van der Waals surface area contributed by atoms with Gasteiger partial charge in [-0.2, -0.15) is 0 Å². The molecule has 1 aliphatic heterocycles. The maximum absolute atomic E-state index is 11.6. The Labute approximate surface area is 133 Å². The molecule has 8 nitrogen and oxygen atoms in total. The zero-order chi connectivity index (χ0) is 16.4. The first-order valence-corrected chi connectivity index (χ1v) is 7.84. The molecule has 1 aromatic heterocycles. The number of carbonyl (C=O) groups is 1. The highest BCUT2D eigenvalue weighted by atomic mass is 16.6. The van der Waals surface area contributed by atoms with Crippen LogP contribution in [0, 0.1) is 10.1 Å². The second-order valence-electron chi connectivity index (χ2n) is 6.28. The topological polar surface area (TPSA) is 120 Å². The summed E-state index contributed by atoms with van der Waals surface area (Å²) in [6.45, 7) is 0.663. The minimum absolute atomic E-state index is 0.0474. The number of ether oxygens (including phenoxy) is 1. The van der Waals surface area contributed by atoms with E-state index in [1.807, 2.05) is 0 Å². The van der Waals surface area contributed by atoms with Crippen LogP contribution in [0.4, 0.5) is 11.5 Å². The summed E-state index contributed by atoms with van der Waals surface area (Å²) in [6.07, 6.45) is 7.26. The van der Waals surface area contributed by atoms with Crippen LogP contribution in [0.3, 0.4) is 0 Å². The average molecular weight is 320 g/mol. The first-order valence-electron chi connectivity index (χ1n) is 7.84. The van der Waals surface area contributed by atoms with E-state index in [2.05, 4.69) is 10.3 Å². The highest BCUT2D eigenvalue weighted by molar-refractivity contribution is 5.98. The summed E-state index contributed by atoms with van der Waals surface area (Å²) in [5.41, 5.74) is 5.07. The van der Waals surface area contributed by atoms with E-state index in [9.17, 15) is 14.9 Å². The van der Waals surface area contributed by atoms with Crippen molar-refractivity contribution >= 4 is 17.4 Å². The van der Waals surface area contributed by atoms with Crippen LogP contribution >= 0.6 is 0 Å². The Morgan fingerprint density at radius 1 is 1.48 bits per heavy atom. The van der Waals surface area contributed by atoms with Gasteiger partial charge in [0.25, 0.3) is 11.6 Å². The number of nitro groups is 1. The lowest BCUT2D eigenvalue weighted by atomic mass is 9.89. The summed E-state index contributed by atoms with van der Waals surface area (Å²) in [6, 6.07) is 1.29. The Kier molecular flexibility index (Phi) is 4.16. The molecule has 124 valence electrons. The normalized spacial score (nSPS) is 22.9. The Hall–Kier alpha value is -2.22. The zero-order valence-corrected chi connectivity index (χ0v) is 12.8. The first kappa shape index (κ1) is 15.7. The monoisotopic (exact) mass is 320 g/mol. The molecule has 8 heteroatoms. The number of pyridine rings is 1. The van der Waals surface area contributed by atoms with Crippen molar-refractivity contribution in [1.82, 2.24) is 4.98 Å². The van der Waals surface area contributed by atoms with E-state index >= 15 is 0 Å². The van der Waals surface area contributed by atoms with Gasteiger partial charge < -0.3 is 15.8 Å². The number of nitrogens with zero attached hydrogens (tertiary/aromatic N) is 2. The summed E-state index contributed by atoms with van der Waals surface area (Å²) in [7, 11) is 0. The number of hydrogen-bond acceptors (Lipinski definition) is 6. The van der Waals surface area contributed by atoms with Crippen LogP contribution in [0.15, 0.2) is 12.3 Å². The van der Waals surface area contributed by atoms with Gasteiger partial charge in [0.2, 0.25) is 0 Å². The average Bonchev–Trinajstić information content (AvgIpc) is 2.95. The Balaban J connectivity index is 1.79. The van der Waals surface area contributed by atoms with Gasteiger partial charge in [0.15, 0.2) is 0 Å². The lowest BCUT2D eigenvalue weighted by Gasteiger charge is -2.38. The predicted octanol–water partition coefficient (Wildman–Crippen LogP) is 1.99. The number of hydrogen-bond donors (Lipinski definition) is 2. The second-order valence-corrected chi connectivity index (χ2v) is 6.28. The van der Waals surface area contributed by atoms with Crippen molar-refractivity contribution < 1.29 is 14.5 Å². The van der Waals surface area contributed by atoms with Crippen molar-refractivity contribution in [1.29, 1.82) is 0 Å². The zero-order valence-electron chi connectivity index (χ0n) is 12.8. The molecule has 2 heterocycles. The number of aromatic nitrogens is 1.